The van der Waals surface area contributed by atoms with E-state index in [9.17, 15) is 8.42 Å². The Kier molecular flexibility index (Phi) is 5.78. The molecule has 3 N–H and O–H groups in total. The molecular weight excluding hydrogens is 292 g/mol. The number of nitrogens with one attached hydrogen (secondary N) is 1. The zero-order valence-corrected chi connectivity index (χ0v) is 12.7. The Morgan fingerprint density at radius 1 is 1.50 bits per heavy atom. The predicted molar refractivity (Wildman–Crippen MR) is 78.6 cm³/mol. The van der Waals surface area contributed by atoms with Gasteiger partial charge in [0, 0.05) is 12.2 Å². The summed E-state index contributed by atoms with van der Waals surface area (Å²) >= 11 is 7.57. The second-order valence-corrected chi connectivity index (χ2v) is 7.16. The van der Waals surface area contributed by atoms with Crippen LogP contribution in [0.15, 0.2) is 23.1 Å². The van der Waals surface area contributed by atoms with Crippen molar-refractivity contribution in [2.45, 2.75) is 11.8 Å². The fraction of sp³-hybridized carbons (Fsp3) is 0.455. The number of sulfonamides is 1. The third-order valence-corrected chi connectivity index (χ3v) is 5.13. The highest BCUT2D eigenvalue weighted by Crippen LogP contribution is 2.23. The van der Waals surface area contributed by atoms with Crippen molar-refractivity contribution in [1.29, 1.82) is 0 Å². The molecule has 4 nitrogen and oxygen atoms in total. The molecule has 0 heterocycles. The third kappa shape index (κ3) is 4.35. The second-order valence-electron chi connectivity index (χ2n) is 4.10. The molecule has 1 aromatic carbocycles. The van der Waals surface area contributed by atoms with E-state index in [1.165, 1.54) is 18.2 Å². The van der Waals surface area contributed by atoms with E-state index < -0.39 is 10.0 Å². The first-order valence-electron chi connectivity index (χ1n) is 5.40. The first-order valence-corrected chi connectivity index (χ1v) is 8.66. The molecule has 0 aliphatic rings. The molecule has 1 aromatic rings. The maximum Gasteiger partial charge on any atom is 0.242 e. The Hall–Kier alpha value is -0.430. The van der Waals surface area contributed by atoms with Gasteiger partial charge in [-0.25, -0.2) is 13.1 Å². The molecular formula is C11H17ClN2O2S2. The summed E-state index contributed by atoms with van der Waals surface area (Å²) in [6, 6.07) is 4.37. The summed E-state index contributed by atoms with van der Waals surface area (Å²) in [6.07, 6.45) is 1.99. The van der Waals surface area contributed by atoms with Crippen LogP contribution in [0.25, 0.3) is 0 Å². The summed E-state index contributed by atoms with van der Waals surface area (Å²) in [5.41, 5.74) is 5.97. The van der Waals surface area contributed by atoms with Gasteiger partial charge in [0.25, 0.3) is 0 Å². The van der Waals surface area contributed by atoms with Crippen molar-refractivity contribution in [3.05, 3.63) is 23.2 Å². The number of rotatable bonds is 6. The van der Waals surface area contributed by atoms with Crippen molar-refractivity contribution in [1.82, 2.24) is 4.72 Å². The Morgan fingerprint density at radius 2 is 2.17 bits per heavy atom. The number of nitrogens with two attached hydrogens (primary N) is 1. The minimum Gasteiger partial charge on any atom is -0.399 e. The quantitative estimate of drug-likeness (QED) is 0.790. The van der Waals surface area contributed by atoms with E-state index in [-0.39, 0.29) is 15.8 Å². The molecule has 0 radical (unpaired) electrons. The topological polar surface area (TPSA) is 72.2 Å². The van der Waals surface area contributed by atoms with Crippen LogP contribution in [-0.4, -0.2) is 27.0 Å². The highest BCUT2D eigenvalue weighted by atomic mass is 35.5. The first-order chi connectivity index (χ1) is 8.36. The molecule has 1 rings (SSSR count). The lowest BCUT2D eigenvalue weighted by Crippen LogP contribution is -2.29. The van der Waals surface area contributed by atoms with Crippen molar-refractivity contribution < 1.29 is 8.42 Å². The molecule has 0 spiro atoms. The largest absolute Gasteiger partial charge is 0.399 e. The molecule has 0 aromatic heterocycles. The molecule has 1 unspecified atom stereocenters. The van der Waals surface area contributed by atoms with Gasteiger partial charge in [0.05, 0.1) is 5.02 Å². The van der Waals surface area contributed by atoms with E-state index in [1.54, 1.807) is 11.8 Å². The summed E-state index contributed by atoms with van der Waals surface area (Å²) in [6.45, 7) is 2.38. The summed E-state index contributed by atoms with van der Waals surface area (Å²) in [5.74, 6) is 1.17. The summed E-state index contributed by atoms with van der Waals surface area (Å²) in [7, 11) is -3.57. The van der Waals surface area contributed by atoms with Gasteiger partial charge in [0.1, 0.15) is 4.90 Å². The maximum atomic E-state index is 12.0. The van der Waals surface area contributed by atoms with Crippen LogP contribution in [0.3, 0.4) is 0 Å². The summed E-state index contributed by atoms with van der Waals surface area (Å²) in [4.78, 5) is 0.0646. The van der Waals surface area contributed by atoms with Crippen molar-refractivity contribution in [3.63, 3.8) is 0 Å². The number of hydrogen-bond acceptors (Lipinski definition) is 4. The van der Waals surface area contributed by atoms with Crippen LogP contribution >= 0.6 is 23.4 Å². The van der Waals surface area contributed by atoms with Crippen molar-refractivity contribution in [2.75, 3.05) is 24.3 Å². The summed E-state index contributed by atoms with van der Waals surface area (Å²) in [5, 5.41) is 0.139. The van der Waals surface area contributed by atoms with Gasteiger partial charge in [-0.3, -0.25) is 0 Å². The first kappa shape index (κ1) is 15.6. The number of thioether (sulfide) groups is 1. The van der Waals surface area contributed by atoms with E-state index in [2.05, 4.69) is 4.72 Å². The van der Waals surface area contributed by atoms with Gasteiger partial charge in [-0.05, 0) is 36.1 Å². The molecule has 102 valence electrons. The Labute approximate surface area is 117 Å². The smallest absolute Gasteiger partial charge is 0.242 e. The van der Waals surface area contributed by atoms with Crippen molar-refractivity contribution >= 4 is 39.1 Å². The van der Waals surface area contributed by atoms with E-state index >= 15 is 0 Å². The highest BCUT2D eigenvalue weighted by molar-refractivity contribution is 7.98. The Morgan fingerprint density at radius 3 is 2.72 bits per heavy atom. The molecule has 0 saturated carbocycles. The Bertz CT molecular complexity index is 506. The average Bonchev–Trinajstić information content (AvgIpc) is 2.26. The van der Waals surface area contributed by atoms with Crippen molar-refractivity contribution in [2.24, 2.45) is 5.92 Å². The fourth-order valence-electron chi connectivity index (χ4n) is 1.41. The van der Waals surface area contributed by atoms with Gasteiger partial charge < -0.3 is 5.73 Å². The van der Waals surface area contributed by atoms with E-state index in [0.29, 0.717) is 12.2 Å². The predicted octanol–water partition coefficient (Wildman–Crippen LogP) is 2.20. The van der Waals surface area contributed by atoms with Gasteiger partial charge in [-0.15, -0.1) is 0 Å². The normalized spacial score (nSPS) is 13.5. The van der Waals surface area contributed by atoms with Crippen LogP contribution in [0, 0.1) is 5.92 Å². The Balaban J connectivity index is 2.80. The van der Waals surface area contributed by atoms with Crippen LogP contribution in [-0.2, 0) is 10.0 Å². The van der Waals surface area contributed by atoms with E-state index in [4.69, 9.17) is 17.3 Å². The molecule has 0 amide bonds. The molecule has 7 heteroatoms. The molecule has 0 aliphatic heterocycles. The van der Waals surface area contributed by atoms with Crippen LogP contribution in [0.5, 0.6) is 0 Å². The second kappa shape index (κ2) is 6.65. The van der Waals surface area contributed by atoms with E-state index in [1.807, 2.05) is 13.2 Å². The van der Waals surface area contributed by atoms with Crippen LogP contribution in [0.2, 0.25) is 5.02 Å². The molecule has 0 fully saturated rings. The van der Waals surface area contributed by atoms with Gasteiger partial charge in [0.2, 0.25) is 10.0 Å². The summed E-state index contributed by atoms with van der Waals surface area (Å²) < 4.78 is 26.6. The minimum atomic E-state index is -3.57. The zero-order chi connectivity index (χ0) is 13.8. The molecule has 1 atom stereocenters. The van der Waals surface area contributed by atoms with Gasteiger partial charge in [0.15, 0.2) is 0 Å². The van der Waals surface area contributed by atoms with Gasteiger partial charge in [-0.1, -0.05) is 18.5 Å². The highest BCUT2D eigenvalue weighted by Gasteiger charge is 2.18. The monoisotopic (exact) mass is 308 g/mol. The number of halogens is 1. The molecule has 0 saturated heterocycles. The molecule has 0 aliphatic carbocycles. The number of hydrogen-bond donors (Lipinski definition) is 2. The lowest BCUT2D eigenvalue weighted by Gasteiger charge is -2.12. The minimum absolute atomic E-state index is 0.0646. The van der Waals surface area contributed by atoms with Gasteiger partial charge in [-0.2, -0.15) is 11.8 Å². The molecule has 18 heavy (non-hydrogen) atoms. The number of nitrogen functional groups attached to an aromatic ring is 1. The third-order valence-electron chi connectivity index (χ3n) is 2.32. The van der Waals surface area contributed by atoms with Crippen LogP contribution < -0.4 is 10.5 Å². The number of anilines is 1. The lowest BCUT2D eigenvalue weighted by molar-refractivity contribution is 0.563. The van der Waals surface area contributed by atoms with Crippen molar-refractivity contribution in [3.8, 4) is 0 Å². The van der Waals surface area contributed by atoms with Crippen LogP contribution in [0.1, 0.15) is 6.92 Å². The molecule has 0 bridgehead atoms. The zero-order valence-electron chi connectivity index (χ0n) is 10.3. The van der Waals surface area contributed by atoms with Crippen LogP contribution in [0.4, 0.5) is 5.69 Å². The maximum absolute atomic E-state index is 12.0. The van der Waals surface area contributed by atoms with Gasteiger partial charge >= 0.3 is 0 Å². The fourth-order valence-corrected chi connectivity index (χ4v) is 3.81. The SMILES string of the molecule is CSCC(C)CNS(=O)(=O)c1ccc(N)cc1Cl. The number of benzene rings is 1. The average molecular weight is 309 g/mol. The van der Waals surface area contributed by atoms with E-state index in [0.717, 1.165) is 5.75 Å². The standard InChI is InChI=1S/C11H17ClN2O2S2/c1-8(7-17-2)6-14-18(15,16)11-4-3-9(13)5-10(11)12/h3-5,8,14H,6-7,13H2,1-2H3. The lowest BCUT2D eigenvalue weighted by atomic mass is 10.2.